The van der Waals surface area contributed by atoms with Gasteiger partial charge in [0.15, 0.2) is 5.82 Å². The Labute approximate surface area is 98.0 Å². The highest BCUT2D eigenvalue weighted by molar-refractivity contribution is 5.49. The topological polar surface area (TPSA) is 100.0 Å². The van der Waals surface area contributed by atoms with Crippen molar-refractivity contribution >= 4 is 0 Å². The van der Waals surface area contributed by atoms with E-state index in [4.69, 9.17) is 15.0 Å². The molecule has 2 N–H and O–H groups in total. The highest BCUT2D eigenvalue weighted by Gasteiger charge is 2.15. The predicted molar refractivity (Wildman–Crippen MR) is 58.7 cm³/mol. The van der Waals surface area contributed by atoms with Crippen LogP contribution in [0.5, 0.6) is 0 Å². The van der Waals surface area contributed by atoms with Gasteiger partial charge in [-0.25, -0.2) is 0 Å². The van der Waals surface area contributed by atoms with Gasteiger partial charge in [-0.2, -0.15) is 15.2 Å². The second-order valence-electron chi connectivity index (χ2n) is 3.35. The smallest absolute Gasteiger partial charge is 0.259 e. The SMILES string of the molecule is CCOCC(N)c1noc(-c2ccnnc2)n1. The molecule has 1 atom stereocenters. The van der Waals surface area contributed by atoms with E-state index in [2.05, 4.69) is 20.3 Å². The predicted octanol–water partition coefficient (Wildman–Crippen LogP) is 0.563. The quantitative estimate of drug-likeness (QED) is 0.808. The molecule has 0 aliphatic carbocycles. The molecule has 17 heavy (non-hydrogen) atoms. The van der Waals surface area contributed by atoms with Gasteiger partial charge in [-0.15, -0.1) is 0 Å². The highest BCUT2D eigenvalue weighted by atomic mass is 16.5. The monoisotopic (exact) mass is 235 g/mol. The molecule has 0 aliphatic rings. The molecule has 2 aromatic heterocycles. The number of rotatable bonds is 5. The molecule has 0 saturated heterocycles. The summed E-state index contributed by atoms with van der Waals surface area (Å²) in [5, 5.41) is 11.2. The fraction of sp³-hybridized carbons (Fsp3) is 0.400. The lowest BCUT2D eigenvalue weighted by molar-refractivity contribution is 0.130. The Kier molecular flexibility index (Phi) is 3.73. The van der Waals surface area contributed by atoms with Crippen LogP contribution in [0, 0.1) is 0 Å². The molecule has 0 radical (unpaired) electrons. The maximum Gasteiger partial charge on any atom is 0.259 e. The molecule has 0 amide bonds. The van der Waals surface area contributed by atoms with Crippen molar-refractivity contribution in [1.82, 2.24) is 20.3 Å². The minimum Gasteiger partial charge on any atom is -0.380 e. The van der Waals surface area contributed by atoms with Crippen LogP contribution in [0.1, 0.15) is 18.8 Å². The van der Waals surface area contributed by atoms with E-state index in [1.165, 1.54) is 0 Å². The van der Waals surface area contributed by atoms with Crippen molar-refractivity contribution in [1.29, 1.82) is 0 Å². The molecule has 0 bridgehead atoms. The number of ether oxygens (including phenoxy) is 1. The van der Waals surface area contributed by atoms with Crippen LogP contribution in [-0.4, -0.2) is 33.6 Å². The first-order chi connectivity index (χ1) is 8.31. The van der Waals surface area contributed by atoms with Crippen LogP contribution in [0.4, 0.5) is 0 Å². The molecule has 1 unspecified atom stereocenters. The Hall–Kier alpha value is -1.86. The zero-order valence-corrected chi connectivity index (χ0v) is 9.41. The Morgan fingerprint density at radius 1 is 1.47 bits per heavy atom. The van der Waals surface area contributed by atoms with E-state index >= 15 is 0 Å². The van der Waals surface area contributed by atoms with Crippen molar-refractivity contribution in [3.05, 3.63) is 24.3 Å². The molecular formula is C10H13N5O2. The summed E-state index contributed by atoms with van der Waals surface area (Å²) in [5.74, 6) is 0.798. The number of hydrogen-bond donors (Lipinski definition) is 1. The lowest BCUT2D eigenvalue weighted by atomic mass is 10.3. The Morgan fingerprint density at radius 3 is 3.06 bits per heavy atom. The van der Waals surface area contributed by atoms with E-state index in [1.807, 2.05) is 6.92 Å². The number of aromatic nitrogens is 4. The Morgan fingerprint density at radius 2 is 2.35 bits per heavy atom. The standard InChI is InChI=1S/C10H13N5O2/c1-2-16-6-8(11)9-14-10(17-15-9)7-3-4-12-13-5-7/h3-5,8H,2,6,11H2,1H3. The summed E-state index contributed by atoms with van der Waals surface area (Å²) in [4.78, 5) is 4.18. The molecule has 7 heteroatoms. The number of nitrogens with two attached hydrogens (primary N) is 1. The zero-order valence-electron chi connectivity index (χ0n) is 9.41. The van der Waals surface area contributed by atoms with Gasteiger partial charge in [0.05, 0.1) is 30.6 Å². The Bertz CT molecular complexity index is 459. The second-order valence-corrected chi connectivity index (χ2v) is 3.35. The summed E-state index contributed by atoms with van der Waals surface area (Å²) in [5.41, 5.74) is 6.55. The molecule has 2 heterocycles. The van der Waals surface area contributed by atoms with Crippen LogP contribution in [0.3, 0.4) is 0 Å². The molecule has 2 aromatic rings. The summed E-state index contributed by atoms with van der Waals surface area (Å²) >= 11 is 0. The van der Waals surface area contributed by atoms with Crippen molar-refractivity contribution in [2.24, 2.45) is 5.73 Å². The minimum absolute atomic E-state index is 0.365. The third-order valence-electron chi connectivity index (χ3n) is 2.11. The van der Waals surface area contributed by atoms with E-state index in [1.54, 1.807) is 18.5 Å². The van der Waals surface area contributed by atoms with Crippen LogP contribution in [0.2, 0.25) is 0 Å². The van der Waals surface area contributed by atoms with Gasteiger partial charge in [-0.05, 0) is 13.0 Å². The molecule has 0 aliphatic heterocycles. The van der Waals surface area contributed by atoms with E-state index in [-0.39, 0.29) is 6.04 Å². The largest absolute Gasteiger partial charge is 0.380 e. The first-order valence-electron chi connectivity index (χ1n) is 5.25. The van der Waals surface area contributed by atoms with Crippen molar-refractivity contribution in [3.8, 4) is 11.5 Å². The molecular weight excluding hydrogens is 222 g/mol. The zero-order chi connectivity index (χ0) is 12.1. The fourth-order valence-corrected chi connectivity index (χ4v) is 1.24. The molecule has 2 rings (SSSR count). The molecule has 0 spiro atoms. The van der Waals surface area contributed by atoms with Crippen molar-refractivity contribution in [2.45, 2.75) is 13.0 Å². The van der Waals surface area contributed by atoms with E-state index in [0.717, 1.165) is 0 Å². The summed E-state index contributed by atoms with van der Waals surface area (Å²) < 4.78 is 10.3. The molecule has 0 aromatic carbocycles. The third-order valence-corrected chi connectivity index (χ3v) is 2.11. The first kappa shape index (κ1) is 11.6. The highest BCUT2D eigenvalue weighted by Crippen LogP contribution is 2.16. The third kappa shape index (κ3) is 2.83. The Balaban J connectivity index is 2.11. The molecule has 0 saturated carbocycles. The van der Waals surface area contributed by atoms with Gasteiger partial charge in [0.25, 0.3) is 5.89 Å². The lowest BCUT2D eigenvalue weighted by Crippen LogP contribution is -2.18. The lowest BCUT2D eigenvalue weighted by Gasteiger charge is -2.05. The summed E-state index contributed by atoms with van der Waals surface area (Å²) in [7, 11) is 0. The number of nitrogens with zero attached hydrogens (tertiary/aromatic N) is 4. The second kappa shape index (κ2) is 5.46. The van der Waals surface area contributed by atoms with Gasteiger partial charge >= 0.3 is 0 Å². The average Bonchev–Trinajstić information content (AvgIpc) is 2.86. The van der Waals surface area contributed by atoms with Crippen LogP contribution in [-0.2, 0) is 4.74 Å². The fourth-order valence-electron chi connectivity index (χ4n) is 1.24. The molecule has 90 valence electrons. The van der Waals surface area contributed by atoms with Gasteiger partial charge in [0, 0.05) is 6.61 Å². The number of hydrogen-bond acceptors (Lipinski definition) is 7. The summed E-state index contributed by atoms with van der Waals surface area (Å²) in [6, 6.07) is 1.35. The molecule has 0 fully saturated rings. The van der Waals surface area contributed by atoms with Crippen molar-refractivity contribution in [3.63, 3.8) is 0 Å². The van der Waals surface area contributed by atoms with Gasteiger partial charge in [0.2, 0.25) is 0 Å². The van der Waals surface area contributed by atoms with Gasteiger partial charge in [-0.1, -0.05) is 5.16 Å². The van der Waals surface area contributed by atoms with Crippen LogP contribution < -0.4 is 5.73 Å². The van der Waals surface area contributed by atoms with Crippen molar-refractivity contribution in [2.75, 3.05) is 13.2 Å². The van der Waals surface area contributed by atoms with E-state index < -0.39 is 0 Å². The van der Waals surface area contributed by atoms with Crippen molar-refractivity contribution < 1.29 is 9.26 Å². The maximum absolute atomic E-state index is 5.83. The van der Waals surface area contributed by atoms with Gasteiger partial charge < -0.3 is 15.0 Å². The average molecular weight is 235 g/mol. The normalized spacial score (nSPS) is 12.6. The first-order valence-corrected chi connectivity index (χ1v) is 5.25. The van der Waals surface area contributed by atoms with Crippen LogP contribution in [0.25, 0.3) is 11.5 Å². The molecule has 7 nitrogen and oxygen atoms in total. The summed E-state index contributed by atoms with van der Waals surface area (Å²) in [6.45, 7) is 2.87. The van der Waals surface area contributed by atoms with Crippen LogP contribution >= 0.6 is 0 Å². The van der Waals surface area contributed by atoms with Crippen LogP contribution in [0.15, 0.2) is 23.0 Å². The maximum atomic E-state index is 5.83. The minimum atomic E-state index is -0.387. The summed E-state index contributed by atoms with van der Waals surface area (Å²) in [6.07, 6.45) is 3.10. The van der Waals surface area contributed by atoms with Gasteiger partial charge in [0.1, 0.15) is 0 Å². The van der Waals surface area contributed by atoms with Gasteiger partial charge in [-0.3, -0.25) is 0 Å². The van der Waals surface area contributed by atoms with E-state index in [0.29, 0.717) is 30.5 Å². The van der Waals surface area contributed by atoms with E-state index in [9.17, 15) is 0 Å².